The van der Waals surface area contributed by atoms with Crippen LogP contribution in [0, 0.1) is 5.92 Å². The maximum atomic E-state index is 11.4. The van der Waals surface area contributed by atoms with Crippen molar-refractivity contribution in [3.63, 3.8) is 0 Å². The molecule has 0 saturated carbocycles. The van der Waals surface area contributed by atoms with Gasteiger partial charge in [0.15, 0.2) is 0 Å². The van der Waals surface area contributed by atoms with Crippen molar-refractivity contribution in [3.8, 4) is 0 Å². The molecule has 0 aromatic carbocycles. The number of likely N-dealkylation sites (N-methyl/N-ethyl adjacent to an activating group) is 1. The van der Waals surface area contributed by atoms with E-state index in [2.05, 4.69) is 10.6 Å². The highest BCUT2D eigenvalue weighted by atomic mass is 16.2. The van der Waals surface area contributed by atoms with Crippen molar-refractivity contribution < 1.29 is 9.59 Å². The summed E-state index contributed by atoms with van der Waals surface area (Å²) < 4.78 is 0. The zero-order valence-corrected chi connectivity index (χ0v) is 8.96. The molecule has 2 atom stereocenters. The van der Waals surface area contributed by atoms with Crippen molar-refractivity contribution in [1.29, 1.82) is 0 Å². The predicted molar refractivity (Wildman–Crippen MR) is 54.5 cm³/mol. The zero-order valence-electron chi connectivity index (χ0n) is 8.96. The van der Waals surface area contributed by atoms with E-state index in [0.29, 0.717) is 13.0 Å². The maximum absolute atomic E-state index is 11.4. The number of amides is 2. The average Bonchev–Trinajstić information content (AvgIpc) is 2.16. The third-order valence-electron chi connectivity index (χ3n) is 2.05. The summed E-state index contributed by atoms with van der Waals surface area (Å²) in [6, 6.07) is -0.493. The van der Waals surface area contributed by atoms with Gasteiger partial charge in [-0.25, -0.2) is 0 Å². The highest BCUT2D eigenvalue weighted by Gasteiger charge is 2.17. The number of hydrogen-bond donors (Lipinski definition) is 3. The van der Waals surface area contributed by atoms with Crippen LogP contribution in [0.4, 0.5) is 0 Å². The molecule has 2 unspecified atom stereocenters. The highest BCUT2D eigenvalue weighted by Crippen LogP contribution is 2.00. The Hall–Kier alpha value is -1.10. The van der Waals surface area contributed by atoms with Gasteiger partial charge in [-0.2, -0.15) is 0 Å². The molecule has 0 aliphatic carbocycles. The second-order valence-corrected chi connectivity index (χ2v) is 3.32. The van der Waals surface area contributed by atoms with Gasteiger partial charge in [0.25, 0.3) is 0 Å². The highest BCUT2D eigenvalue weighted by molar-refractivity contribution is 5.87. The third-order valence-corrected chi connectivity index (χ3v) is 2.05. The molecule has 0 saturated heterocycles. The number of carbonyl (C=O) groups is 2. The van der Waals surface area contributed by atoms with Crippen LogP contribution >= 0.6 is 0 Å². The first-order valence-electron chi connectivity index (χ1n) is 4.75. The summed E-state index contributed by atoms with van der Waals surface area (Å²) in [6.07, 6.45) is 0.631. The van der Waals surface area contributed by atoms with Gasteiger partial charge in [0.1, 0.15) is 6.04 Å². The Bertz CT molecular complexity index is 206. The van der Waals surface area contributed by atoms with Crippen LogP contribution in [-0.4, -0.2) is 31.4 Å². The molecule has 0 aliphatic heterocycles. The molecule has 0 aliphatic rings. The smallest absolute Gasteiger partial charge is 0.242 e. The van der Waals surface area contributed by atoms with Gasteiger partial charge in [0.2, 0.25) is 11.8 Å². The van der Waals surface area contributed by atoms with Crippen molar-refractivity contribution in [2.75, 3.05) is 13.6 Å². The molecular formula is C9H19N3O2. The summed E-state index contributed by atoms with van der Waals surface area (Å²) in [6.45, 7) is 3.91. The van der Waals surface area contributed by atoms with Crippen molar-refractivity contribution >= 4 is 11.8 Å². The van der Waals surface area contributed by atoms with E-state index in [0.717, 1.165) is 0 Å². The lowest BCUT2D eigenvalue weighted by Crippen LogP contribution is -2.45. The minimum Gasteiger partial charge on any atom is -0.357 e. The predicted octanol–water partition coefficient (Wildman–Crippen LogP) is -0.778. The number of nitrogens with one attached hydrogen (secondary N) is 2. The molecule has 4 N–H and O–H groups in total. The summed E-state index contributed by atoms with van der Waals surface area (Å²) in [7, 11) is 1.54. The molecule has 82 valence electrons. The van der Waals surface area contributed by atoms with E-state index in [-0.39, 0.29) is 17.7 Å². The number of carbonyl (C=O) groups excluding carboxylic acids is 2. The largest absolute Gasteiger partial charge is 0.357 e. The van der Waals surface area contributed by atoms with Crippen LogP contribution < -0.4 is 16.4 Å². The Morgan fingerprint density at radius 1 is 1.29 bits per heavy atom. The monoisotopic (exact) mass is 201 g/mol. The van der Waals surface area contributed by atoms with Gasteiger partial charge in [0.05, 0.1) is 0 Å². The molecular weight excluding hydrogens is 182 g/mol. The first-order valence-corrected chi connectivity index (χ1v) is 4.75. The van der Waals surface area contributed by atoms with E-state index < -0.39 is 6.04 Å². The van der Waals surface area contributed by atoms with Crippen LogP contribution in [0.3, 0.4) is 0 Å². The van der Waals surface area contributed by atoms with Crippen molar-refractivity contribution in [2.24, 2.45) is 11.7 Å². The molecule has 0 radical (unpaired) electrons. The topological polar surface area (TPSA) is 84.2 Å². The summed E-state index contributed by atoms with van der Waals surface area (Å²) in [5.74, 6) is -0.475. The number of rotatable bonds is 5. The van der Waals surface area contributed by atoms with E-state index in [1.807, 2.05) is 0 Å². The van der Waals surface area contributed by atoms with Crippen molar-refractivity contribution in [3.05, 3.63) is 0 Å². The van der Waals surface area contributed by atoms with Crippen LogP contribution in [0.25, 0.3) is 0 Å². The zero-order chi connectivity index (χ0) is 11.1. The maximum Gasteiger partial charge on any atom is 0.242 e. The lowest BCUT2D eigenvalue weighted by atomic mass is 10.1. The van der Waals surface area contributed by atoms with Gasteiger partial charge in [-0.1, -0.05) is 6.92 Å². The average molecular weight is 201 g/mol. The van der Waals surface area contributed by atoms with Crippen molar-refractivity contribution in [1.82, 2.24) is 10.6 Å². The summed E-state index contributed by atoms with van der Waals surface area (Å²) in [5, 5.41) is 5.07. The fourth-order valence-electron chi connectivity index (χ4n) is 1.02. The van der Waals surface area contributed by atoms with Gasteiger partial charge in [-0.15, -0.1) is 0 Å². The first-order chi connectivity index (χ1) is 6.52. The molecule has 0 aromatic heterocycles. The fraction of sp³-hybridized carbons (Fsp3) is 0.778. The lowest BCUT2D eigenvalue weighted by Gasteiger charge is -2.15. The normalized spacial score (nSPS) is 14.3. The molecule has 0 heterocycles. The Kier molecular flexibility index (Phi) is 5.87. The molecule has 14 heavy (non-hydrogen) atoms. The third kappa shape index (κ3) is 4.23. The number of hydrogen-bond acceptors (Lipinski definition) is 3. The molecule has 0 fully saturated rings. The lowest BCUT2D eigenvalue weighted by molar-refractivity contribution is -0.130. The quantitative estimate of drug-likeness (QED) is 0.545. The van der Waals surface area contributed by atoms with Crippen LogP contribution in [0.1, 0.15) is 20.3 Å². The summed E-state index contributed by atoms with van der Waals surface area (Å²) >= 11 is 0. The molecule has 0 bridgehead atoms. The Morgan fingerprint density at radius 3 is 2.29 bits per heavy atom. The van der Waals surface area contributed by atoms with Gasteiger partial charge in [0, 0.05) is 13.0 Å². The van der Waals surface area contributed by atoms with Gasteiger partial charge >= 0.3 is 0 Å². The van der Waals surface area contributed by atoms with Crippen LogP contribution in [0.2, 0.25) is 0 Å². The van der Waals surface area contributed by atoms with Gasteiger partial charge in [-0.05, 0) is 19.9 Å². The van der Waals surface area contributed by atoms with E-state index in [1.54, 1.807) is 13.8 Å². The Labute approximate surface area is 84.4 Å². The van der Waals surface area contributed by atoms with E-state index in [9.17, 15) is 9.59 Å². The fourth-order valence-corrected chi connectivity index (χ4v) is 1.02. The van der Waals surface area contributed by atoms with E-state index in [1.165, 1.54) is 7.05 Å². The van der Waals surface area contributed by atoms with Crippen LogP contribution in [0.15, 0.2) is 0 Å². The minimum atomic E-state index is -0.493. The minimum absolute atomic E-state index is 0.133. The molecule has 0 rings (SSSR count). The Balaban J connectivity index is 3.98. The molecule has 5 heteroatoms. The second kappa shape index (κ2) is 6.37. The second-order valence-electron chi connectivity index (χ2n) is 3.32. The Morgan fingerprint density at radius 2 is 1.86 bits per heavy atom. The van der Waals surface area contributed by atoms with Gasteiger partial charge in [-0.3, -0.25) is 9.59 Å². The SMILES string of the molecule is CNC(=O)C(C)NC(=O)C(C)CCN. The van der Waals surface area contributed by atoms with Crippen LogP contribution in [0.5, 0.6) is 0 Å². The summed E-state index contributed by atoms with van der Waals surface area (Å²) in [5.41, 5.74) is 5.32. The van der Waals surface area contributed by atoms with Crippen LogP contribution in [-0.2, 0) is 9.59 Å². The molecule has 0 aromatic rings. The molecule has 0 spiro atoms. The summed E-state index contributed by atoms with van der Waals surface area (Å²) in [4.78, 5) is 22.5. The first kappa shape index (κ1) is 12.9. The van der Waals surface area contributed by atoms with E-state index >= 15 is 0 Å². The van der Waals surface area contributed by atoms with E-state index in [4.69, 9.17) is 5.73 Å². The molecule has 5 nitrogen and oxygen atoms in total. The number of nitrogens with two attached hydrogens (primary N) is 1. The van der Waals surface area contributed by atoms with Crippen molar-refractivity contribution in [2.45, 2.75) is 26.3 Å². The standard InChI is InChI=1S/C9H19N3O2/c1-6(4-5-10)8(13)12-7(2)9(14)11-3/h6-7H,4-5,10H2,1-3H3,(H,11,14)(H,12,13). The van der Waals surface area contributed by atoms with Gasteiger partial charge < -0.3 is 16.4 Å². The molecule has 2 amide bonds.